The second kappa shape index (κ2) is 6.55. The number of quaternary nitrogens is 1. The minimum absolute atomic E-state index is 0.284. The molecule has 3 nitrogen and oxygen atoms in total. The van der Waals surface area contributed by atoms with Gasteiger partial charge in [-0.25, -0.2) is 0 Å². The van der Waals surface area contributed by atoms with Crippen LogP contribution in [0.4, 0.5) is 0 Å². The van der Waals surface area contributed by atoms with Gasteiger partial charge >= 0.3 is 0 Å². The highest BCUT2D eigenvalue weighted by Crippen LogP contribution is 2.36. The molecule has 20 heavy (non-hydrogen) atoms. The van der Waals surface area contributed by atoms with Gasteiger partial charge in [0, 0.05) is 6.42 Å². The zero-order valence-corrected chi connectivity index (χ0v) is 12.4. The van der Waals surface area contributed by atoms with Crippen LogP contribution >= 0.6 is 0 Å². The Bertz CT molecular complexity index is 532. The highest BCUT2D eigenvalue weighted by molar-refractivity contribution is 5.49. The molecule has 0 aromatic heterocycles. The predicted octanol–water partition coefficient (Wildman–Crippen LogP) is 2.27. The SMILES string of the molecule is CC[NH+](CC)C1=CC2=CC(=C(C#N)C#N)CC[C@@H]2CC1. The Kier molecular flexibility index (Phi) is 4.77. The summed E-state index contributed by atoms with van der Waals surface area (Å²) >= 11 is 0. The van der Waals surface area contributed by atoms with E-state index in [2.05, 4.69) is 26.0 Å². The van der Waals surface area contributed by atoms with Crippen molar-refractivity contribution in [2.75, 3.05) is 13.1 Å². The largest absolute Gasteiger partial charge is 0.307 e. The molecule has 0 aromatic carbocycles. The minimum Gasteiger partial charge on any atom is -0.307 e. The van der Waals surface area contributed by atoms with Crippen LogP contribution in [0.2, 0.25) is 0 Å². The van der Waals surface area contributed by atoms with Crippen molar-refractivity contribution >= 4 is 0 Å². The molecule has 0 heterocycles. The van der Waals surface area contributed by atoms with Gasteiger partial charge in [-0.05, 0) is 56.3 Å². The monoisotopic (exact) mass is 268 g/mol. The maximum atomic E-state index is 9.01. The molecule has 2 rings (SSSR count). The van der Waals surface area contributed by atoms with Crippen LogP contribution in [0.3, 0.4) is 0 Å². The summed E-state index contributed by atoms with van der Waals surface area (Å²) in [5, 5.41) is 18.0. The van der Waals surface area contributed by atoms with E-state index < -0.39 is 0 Å². The molecule has 0 unspecified atom stereocenters. The maximum Gasteiger partial charge on any atom is 0.132 e. The normalized spacial score (nSPS) is 21.4. The molecule has 0 saturated heterocycles. The van der Waals surface area contributed by atoms with Crippen LogP contribution in [0, 0.1) is 28.6 Å². The lowest BCUT2D eigenvalue weighted by Crippen LogP contribution is -3.09. The van der Waals surface area contributed by atoms with Crippen molar-refractivity contribution in [3.8, 4) is 12.1 Å². The second-order valence-electron chi connectivity index (χ2n) is 5.52. The Morgan fingerprint density at radius 2 is 1.80 bits per heavy atom. The number of allylic oxidation sites excluding steroid dienone is 6. The van der Waals surface area contributed by atoms with Gasteiger partial charge in [-0.1, -0.05) is 6.08 Å². The van der Waals surface area contributed by atoms with E-state index in [0.717, 1.165) is 31.5 Å². The number of nitrogens with zero attached hydrogens (tertiary/aromatic N) is 2. The molecular formula is C17H22N3+. The molecule has 2 aliphatic rings. The predicted molar refractivity (Wildman–Crippen MR) is 78.4 cm³/mol. The van der Waals surface area contributed by atoms with Gasteiger partial charge in [-0.2, -0.15) is 10.5 Å². The summed E-state index contributed by atoms with van der Waals surface area (Å²) in [6, 6.07) is 4.04. The van der Waals surface area contributed by atoms with E-state index in [-0.39, 0.29) is 5.57 Å². The third kappa shape index (κ3) is 2.84. The van der Waals surface area contributed by atoms with Gasteiger partial charge in [-0.15, -0.1) is 0 Å². The number of nitriles is 2. The lowest BCUT2D eigenvalue weighted by molar-refractivity contribution is -0.858. The fourth-order valence-corrected chi connectivity index (χ4v) is 3.31. The average molecular weight is 268 g/mol. The van der Waals surface area contributed by atoms with Crippen molar-refractivity contribution in [3.05, 3.63) is 34.6 Å². The van der Waals surface area contributed by atoms with Crippen LogP contribution in [-0.4, -0.2) is 13.1 Å². The summed E-state index contributed by atoms with van der Waals surface area (Å²) in [5.74, 6) is 0.621. The summed E-state index contributed by atoms with van der Waals surface area (Å²) in [4.78, 5) is 1.54. The van der Waals surface area contributed by atoms with Crippen LogP contribution < -0.4 is 4.90 Å². The number of nitrogens with one attached hydrogen (secondary N) is 1. The van der Waals surface area contributed by atoms with Gasteiger partial charge in [0.05, 0.1) is 13.1 Å². The van der Waals surface area contributed by atoms with E-state index in [1.807, 2.05) is 12.1 Å². The van der Waals surface area contributed by atoms with E-state index >= 15 is 0 Å². The fraction of sp³-hybridized carbons (Fsp3) is 0.529. The van der Waals surface area contributed by atoms with E-state index in [9.17, 15) is 0 Å². The summed E-state index contributed by atoms with van der Waals surface area (Å²) in [6.07, 6.45) is 8.75. The lowest BCUT2D eigenvalue weighted by Gasteiger charge is -2.30. The molecule has 2 aliphatic carbocycles. The molecule has 1 N–H and O–H groups in total. The summed E-state index contributed by atoms with van der Waals surface area (Å²) in [7, 11) is 0. The Labute approximate surface area is 121 Å². The highest BCUT2D eigenvalue weighted by Gasteiger charge is 2.27. The zero-order valence-electron chi connectivity index (χ0n) is 12.4. The smallest absolute Gasteiger partial charge is 0.132 e. The molecule has 0 saturated carbocycles. The Hall–Kier alpha value is -1.84. The number of hydrogen-bond acceptors (Lipinski definition) is 2. The van der Waals surface area contributed by atoms with Crippen LogP contribution in [-0.2, 0) is 0 Å². The quantitative estimate of drug-likeness (QED) is 0.798. The highest BCUT2D eigenvalue weighted by atomic mass is 15.1. The average Bonchev–Trinajstić information content (AvgIpc) is 2.49. The molecule has 0 aromatic rings. The molecule has 104 valence electrons. The van der Waals surface area contributed by atoms with Crippen LogP contribution in [0.1, 0.15) is 39.5 Å². The molecule has 0 amide bonds. The molecule has 3 heteroatoms. The van der Waals surface area contributed by atoms with Gasteiger partial charge in [0.15, 0.2) is 0 Å². The minimum atomic E-state index is 0.284. The third-order valence-corrected chi connectivity index (χ3v) is 4.53. The second-order valence-corrected chi connectivity index (χ2v) is 5.52. The summed E-state index contributed by atoms with van der Waals surface area (Å²) < 4.78 is 0. The lowest BCUT2D eigenvalue weighted by atomic mass is 9.77. The maximum absolute atomic E-state index is 9.01. The zero-order chi connectivity index (χ0) is 14.5. The van der Waals surface area contributed by atoms with Crippen LogP contribution in [0.5, 0.6) is 0 Å². The van der Waals surface area contributed by atoms with Gasteiger partial charge < -0.3 is 4.90 Å². The van der Waals surface area contributed by atoms with E-state index in [4.69, 9.17) is 10.5 Å². The third-order valence-electron chi connectivity index (χ3n) is 4.53. The van der Waals surface area contributed by atoms with E-state index in [1.165, 1.54) is 24.1 Å². The van der Waals surface area contributed by atoms with Crippen LogP contribution in [0.15, 0.2) is 34.6 Å². The van der Waals surface area contributed by atoms with Crippen LogP contribution in [0.25, 0.3) is 0 Å². The standard InChI is InChI=1S/C17H21N3/c1-3-20(4-2)17-8-7-13-5-6-14(9-15(13)10-17)16(11-18)12-19/h9-10,13H,3-8H2,1-2H3/p+1/t13-/m1/s1. The molecule has 0 aliphatic heterocycles. The fourth-order valence-electron chi connectivity index (χ4n) is 3.31. The number of hydrogen-bond donors (Lipinski definition) is 1. The molecule has 0 spiro atoms. The topological polar surface area (TPSA) is 52.0 Å². The van der Waals surface area contributed by atoms with Crippen molar-refractivity contribution in [1.82, 2.24) is 0 Å². The van der Waals surface area contributed by atoms with Crippen molar-refractivity contribution in [3.63, 3.8) is 0 Å². The first-order valence-corrected chi connectivity index (χ1v) is 7.54. The van der Waals surface area contributed by atoms with Gasteiger partial charge in [0.1, 0.15) is 23.4 Å². The summed E-state index contributed by atoms with van der Waals surface area (Å²) in [6.45, 7) is 6.67. The van der Waals surface area contributed by atoms with Gasteiger partial charge in [0.25, 0.3) is 0 Å². The van der Waals surface area contributed by atoms with Crippen molar-refractivity contribution in [1.29, 1.82) is 10.5 Å². The Balaban J connectivity index is 2.35. The molecule has 1 atom stereocenters. The number of rotatable bonds is 3. The van der Waals surface area contributed by atoms with Crippen molar-refractivity contribution in [2.45, 2.75) is 39.5 Å². The first-order chi connectivity index (χ1) is 9.73. The molecular weight excluding hydrogens is 246 g/mol. The molecule has 0 fully saturated rings. The Morgan fingerprint density at radius 1 is 1.15 bits per heavy atom. The molecule has 0 radical (unpaired) electrons. The van der Waals surface area contributed by atoms with E-state index in [0.29, 0.717) is 5.92 Å². The van der Waals surface area contributed by atoms with Gasteiger partial charge in [0.2, 0.25) is 0 Å². The Morgan fingerprint density at radius 3 is 2.40 bits per heavy atom. The summed E-state index contributed by atoms with van der Waals surface area (Å²) in [5.41, 5.74) is 4.02. The number of fused-ring (bicyclic) bond motifs is 1. The van der Waals surface area contributed by atoms with Crippen molar-refractivity contribution in [2.24, 2.45) is 5.92 Å². The first-order valence-electron chi connectivity index (χ1n) is 7.54. The van der Waals surface area contributed by atoms with Crippen molar-refractivity contribution < 1.29 is 4.90 Å². The molecule has 0 bridgehead atoms. The first kappa shape index (κ1) is 14.6. The van der Waals surface area contributed by atoms with E-state index in [1.54, 1.807) is 4.90 Å². The van der Waals surface area contributed by atoms with Gasteiger partial charge in [-0.3, -0.25) is 0 Å².